The van der Waals surface area contributed by atoms with Crippen molar-refractivity contribution in [3.05, 3.63) is 70.9 Å². The number of aromatic nitrogens is 1. The summed E-state index contributed by atoms with van der Waals surface area (Å²) in [4.78, 5) is 15.5. The fraction of sp³-hybridized carbons (Fsp3) is 0.211. The lowest BCUT2D eigenvalue weighted by Crippen LogP contribution is -2.36. The van der Waals surface area contributed by atoms with E-state index in [1.165, 1.54) is 0 Å². The van der Waals surface area contributed by atoms with Gasteiger partial charge in [0.25, 0.3) is 5.91 Å². The largest absolute Gasteiger partial charge is 0.361 e. The molecular formula is C19H19ClN2O. The van der Waals surface area contributed by atoms with E-state index < -0.39 is 0 Å². The minimum Gasteiger partial charge on any atom is -0.361 e. The summed E-state index contributed by atoms with van der Waals surface area (Å²) in [5, 5.41) is 4.83. The van der Waals surface area contributed by atoms with Crippen molar-refractivity contribution in [1.29, 1.82) is 0 Å². The topological polar surface area (TPSA) is 44.9 Å². The summed E-state index contributed by atoms with van der Waals surface area (Å²) in [6, 6.07) is 15.1. The van der Waals surface area contributed by atoms with Crippen molar-refractivity contribution < 1.29 is 4.79 Å². The first-order chi connectivity index (χ1) is 11.0. The molecule has 0 unspecified atom stereocenters. The Morgan fingerprint density at radius 3 is 2.65 bits per heavy atom. The predicted octanol–water partition coefficient (Wildman–Crippen LogP) is 4.53. The molecule has 4 heteroatoms. The van der Waals surface area contributed by atoms with Crippen LogP contribution in [0.25, 0.3) is 10.9 Å². The van der Waals surface area contributed by atoms with Crippen LogP contribution in [0.1, 0.15) is 29.8 Å². The monoisotopic (exact) mass is 326 g/mol. The second kappa shape index (κ2) is 6.09. The molecule has 0 saturated carbocycles. The van der Waals surface area contributed by atoms with E-state index in [0.29, 0.717) is 17.1 Å². The maximum atomic E-state index is 12.2. The van der Waals surface area contributed by atoms with Crippen molar-refractivity contribution in [3.63, 3.8) is 0 Å². The highest BCUT2D eigenvalue weighted by molar-refractivity contribution is 6.31. The zero-order valence-electron chi connectivity index (χ0n) is 13.2. The molecule has 0 saturated heterocycles. The molecule has 3 rings (SSSR count). The summed E-state index contributed by atoms with van der Waals surface area (Å²) < 4.78 is 0. The van der Waals surface area contributed by atoms with Crippen molar-refractivity contribution >= 4 is 28.4 Å². The van der Waals surface area contributed by atoms with E-state index >= 15 is 0 Å². The molecule has 0 spiro atoms. The first kappa shape index (κ1) is 15.6. The third kappa shape index (κ3) is 3.25. The van der Waals surface area contributed by atoms with Crippen LogP contribution in [0.4, 0.5) is 0 Å². The van der Waals surface area contributed by atoms with Gasteiger partial charge in [0.15, 0.2) is 0 Å². The molecule has 0 radical (unpaired) electrons. The molecule has 0 aliphatic rings. The first-order valence-electron chi connectivity index (χ1n) is 7.58. The molecule has 0 aliphatic heterocycles. The molecule has 1 heterocycles. The van der Waals surface area contributed by atoms with E-state index in [4.69, 9.17) is 11.6 Å². The molecule has 1 aromatic heterocycles. The van der Waals surface area contributed by atoms with Gasteiger partial charge in [0, 0.05) is 39.6 Å². The lowest BCUT2D eigenvalue weighted by Gasteiger charge is -2.25. The zero-order valence-corrected chi connectivity index (χ0v) is 13.9. The fourth-order valence-electron chi connectivity index (χ4n) is 2.74. The average Bonchev–Trinajstić information content (AvgIpc) is 2.97. The summed E-state index contributed by atoms with van der Waals surface area (Å²) in [7, 11) is 0. The van der Waals surface area contributed by atoms with Crippen molar-refractivity contribution in [1.82, 2.24) is 10.3 Å². The van der Waals surface area contributed by atoms with Crippen LogP contribution in [-0.2, 0) is 5.41 Å². The number of carbonyl (C=O) groups is 1. The maximum Gasteiger partial charge on any atom is 0.251 e. The molecule has 0 aliphatic carbocycles. The molecule has 0 atom stereocenters. The van der Waals surface area contributed by atoms with Crippen molar-refractivity contribution in [2.75, 3.05) is 6.54 Å². The molecule has 0 fully saturated rings. The number of H-pyrrole nitrogens is 1. The number of nitrogens with one attached hydrogen (secondary N) is 2. The summed E-state index contributed by atoms with van der Waals surface area (Å²) in [6.45, 7) is 4.77. The van der Waals surface area contributed by atoms with Gasteiger partial charge in [-0.3, -0.25) is 4.79 Å². The molecule has 118 valence electrons. The highest BCUT2D eigenvalue weighted by atomic mass is 35.5. The van der Waals surface area contributed by atoms with Crippen LogP contribution in [-0.4, -0.2) is 17.4 Å². The van der Waals surface area contributed by atoms with Gasteiger partial charge in [-0.25, -0.2) is 0 Å². The Kier molecular flexibility index (Phi) is 4.14. The lowest BCUT2D eigenvalue weighted by atomic mass is 9.84. The number of fused-ring (bicyclic) bond motifs is 1. The van der Waals surface area contributed by atoms with Crippen LogP contribution in [0, 0.1) is 0 Å². The summed E-state index contributed by atoms with van der Waals surface area (Å²) in [6.07, 6.45) is 2.00. The molecule has 3 nitrogen and oxygen atoms in total. The van der Waals surface area contributed by atoms with Crippen LogP contribution in [0.3, 0.4) is 0 Å². The quantitative estimate of drug-likeness (QED) is 0.727. The Balaban J connectivity index is 1.80. The van der Waals surface area contributed by atoms with Crippen LogP contribution in [0.15, 0.2) is 54.7 Å². The molecule has 0 bridgehead atoms. The van der Waals surface area contributed by atoms with E-state index in [9.17, 15) is 4.79 Å². The Hall–Kier alpha value is -2.26. The Bertz CT molecular complexity index is 837. The summed E-state index contributed by atoms with van der Waals surface area (Å²) in [5.74, 6) is -0.0588. The molecular weight excluding hydrogens is 308 g/mol. The minimum absolute atomic E-state index is 0.0588. The van der Waals surface area contributed by atoms with Gasteiger partial charge in [0.2, 0.25) is 0 Å². The number of rotatable bonds is 4. The molecule has 1 amide bonds. The summed E-state index contributed by atoms with van der Waals surface area (Å²) in [5.41, 5.74) is 2.65. The predicted molar refractivity (Wildman–Crippen MR) is 95.1 cm³/mol. The number of hydrogen-bond acceptors (Lipinski definition) is 1. The molecule has 3 aromatic rings. The van der Waals surface area contributed by atoms with Crippen molar-refractivity contribution in [2.24, 2.45) is 0 Å². The second-order valence-electron chi connectivity index (χ2n) is 6.32. The van der Waals surface area contributed by atoms with Crippen molar-refractivity contribution in [3.8, 4) is 0 Å². The standard InChI is InChI=1S/C19H19ClN2O/c1-19(2,12-22-18(23)13-6-4-3-5-7-13)16-11-21-17-9-8-14(20)10-15(16)17/h3-11,21H,12H2,1-2H3,(H,22,23). The number of carbonyl (C=O) groups excluding carboxylic acids is 1. The molecule has 23 heavy (non-hydrogen) atoms. The van der Waals surface area contributed by atoms with E-state index in [2.05, 4.69) is 24.1 Å². The normalized spacial score (nSPS) is 11.6. The smallest absolute Gasteiger partial charge is 0.251 e. The minimum atomic E-state index is -0.215. The van der Waals surface area contributed by atoms with Gasteiger partial charge < -0.3 is 10.3 Å². The number of benzene rings is 2. The highest BCUT2D eigenvalue weighted by Crippen LogP contribution is 2.31. The fourth-order valence-corrected chi connectivity index (χ4v) is 2.91. The third-order valence-corrected chi connectivity index (χ3v) is 4.33. The van der Waals surface area contributed by atoms with E-state index in [-0.39, 0.29) is 11.3 Å². The highest BCUT2D eigenvalue weighted by Gasteiger charge is 2.25. The van der Waals surface area contributed by atoms with Crippen molar-refractivity contribution in [2.45, 2.75) is 19.3 Å². The average molecular weight is 327 g/mol. The number of halogens is 1. The van der Waals surface area contributed by atoms with Gasteiger partial charge in [0.1, 0.15) is 0 Å². The second-order valence-corrected chi connectivity index (χ2v) is 6.76. The third-order valence-electron chi connectivity index (χ3n) is 4.10. The van der Waals surface area contributed by atoms with Gasteiger partial charge in [-0.2, -0.15) is 0 Å². The van der Waals surface area contributed by atoms with Gasteiger partial charge in [-0.1, -0.05) is 43.6 Å². The van der Waals surface area contributed by atoms with Crippen LogP contribution in [0.5, 0.6) is 0 Å². The van der Waals surface area contributed by atoms with Gasteiger partial charge >= 0.3 is 0 Å². The SMILES string of the molecule is CC(C)(CNC(=O)c1ccccc1)c1c[nH]c2ccc(Cl)cc12. The first-order valence-corrected chi connectivity index (χ1v) is 7.95. The Morgan fingerprint density at radius 2 is 1.91 bits per heavy atom. The van der Waals surface area contributed by atoms with Crippen LogP contribution in [0.2, 0.25) is 5.02 Å². The van der Waals surface area contributed by atoms with Gasteiger partial charge in [0.05, 0.1) is 0 Å². The van der Waals surface area contributed by atoms with E-state index in [0.717, 1.165) is 16.5 Å². The van der Waals surface area contributed by atoms with E-state index in [1.54, 1.807) is 0 Å². The number of aromatic amines is 1. The molecule has 2 aromatic carbocycles. The lowest BCUT2D eigenvalue weighted by molar-refractivity contribution is 0.0946. The Labute approximate surface area is 140 Å². The summed E-state index contributed by atoms with van der Waals surface area (Å²) >= 11 is 6.12. The van der Waals surface area contributed by atoms with E-state index in [1.807, 2.05) is 54.7 Å². The molecule has 2 N–H and O–H groups in total. The van der Waals surface area contributed by atoms with Crippen LogP contribution >= 0.6 is 11.6 Å². The van der Waals surface area contributed by atoms with Gasteiger partial charge in [-0.15, -0.1) is 0 Å². The zero-order chi connectivity index (χ0) is 16.4. The van der Waals surface area contributed by atoms with Crippen LogP contribution < -0.4 is 5.32 Å². The maximum absolute atomic E-state index is 12.2. The number of hydrogen-bond donors (Lipinski definition) is 2. The van der Waals surface area contributed by atoms with Gasteiger partial charge in [-0.05, 0) is 35.9 Å². The Morgan fingerprint density at radius 1 is 1.17 bits per heavy atom. The number of amides is 1.